The average Bonchev–Trinajstić information content (AvgIpc) is 3.74. The fraction of sp³-hybridized carbons (Fsp3) is 0.333. The molecule has 57 heavy (non-hydrogen) atoms. The van der Waals surface area contributed by atoms with Gasteiger partial charge in [0.05, 0.1) is 10.8 Å². The minimum Gasteiger partial charge on any atom is -0.368 e. The van der Waals surface area contributed by atoms with Crippen LogP contribution < -0.4 is 9.80 Å². The number of benzene rings is 2. The number of hydrogen-bond donors (Lipinski definition) is 0. The Balaban J connectivity index is 0.000000175. The second kappa shape index (κ2) is 17.1. The predicted molar refractivity (Wildman–Crippen MR) is 231 cm³/mol. The number of nitrogens with zero attached hydrogens (tertiary/aromatic N) is 10. The van der Waals surface area contributed by atoms with Crippen LogP contribution in [-0.4, -0.2) is 118 Å². The monoisotopic (exact) mass is 942 g/mol. The topological polar surface area (TPSA) is 143 Å². The second-order valence-corrected chi connectivity index (χ2v) is 17.8. The van der Waals surface area contributed by atoms with Gasteiger partial charge in [0.25, 0.3) is 0 Å². The Morgan fingerprint density at radius 3 is 1.56 bits per heavy atom. The number of piperazine rings is 2. The molecule has 14 nitrogen and oxygen atoms in total. The van der Waals surface area contributed by atoms with Gasteiger partial charge in [-0.25, -0.2) is 27.7 Å². The number of carbonyl (C=O) groups excluding carboxylic acids is 2. The molecule has 18 heteroatoms. The van der Waals surface area contributed by atoms with Gasteiger partial charge in [-0.05, 0) is 108 Å². The summed E-state index contributed by atoms with van der Waals surface area (Å²) in [7, 11) is -3.53. The van der Waals surface area contributed by atoms with Gasteiger partial charge in [-0.3, -0.25) is 9.59 Å². The number of anilines is 2. The summed E-state index contributed by atoms with van der Waals surface area (Å²) in [6.45, 7) is 9.73. The third-order valence-corrected chi connectivity index (χ3v) is 12.8. The summed E-state index contributed by atoms with van der Waals surface area (Å²) >= 11 is 14.4. The van der Waals surface area contributed by atoms with Gasteiger partial charge in [-0.1, -0.05) is 23.2 Å². The summed E-state index contributed by atoms with van der Waals surface area (Å²) in [6, 6.07) is 19.2. The van der Waals surface area contributed by atoms with Gasteiger partial charge < -0.3 is 19.6 Å². The number of carbonyl (C=O) groups is 2. The van der Waals surface area contributed by atoms with Gasteiger partial charge in [0.2, 0.25) is 11.8 Å². The normalized spacial score (nSPS) is 14.9. The molecule has 298 valence electrons. The van der Waals surface area contributed by atoms with Crippen LogP contribution in [0.3, 0.4) is 0 Å². The highest BCUT2D eigenvalue weighted by molar-refractivity contribution is 14.1. The van der Waals surface area contributed by atoms with Crippen molar-refractivity contribution in [1.29, 1.82) is 0 Å². The number of sulfone groups is 1. The van der Waals surface area contributed by atoms with Crippen LogP contribution in [0.1, 0.15) is 11.1 Å². The van der Waals surface area contributed by atoms with Crippen LogP contribution in [0.15, 0.2) is 78.1 Å². The fourth-order valence-electron chi connectivity index (χ4n) is 6.98. The molecule has 0 unspecified atom stereocenters. The van der Waals surface area contributed by atoms with Crippen molar-refractivity contribution in [3.8, 4) is 0 Å². The minimum absolute atomic E-state index is 0.0525. The van der Waals surface area contributed by atoms with Crippen LogP contribution in [0.2, 0.25) is 10.0 Å². The molecule has 2 aromatic carbocycles. The van der Waals surface area contributed by atoms with E-state index in [0.29, 0.717) is 50.3 Å². The first kappa shape index (κ1) is 40.7. The summed E-state index contributed by atoms with van der Waals surface area (Å²) in [4.78, 5) is 42.4. The number of aromatic nitrogens is 6. The molecule has 6 aromatic rings. The molecule has 2 aliphatic heterocycles. The molecule has 0 bridgehead atoms. The molecule has 2 saturated heterocycles. The highest BCUT2D eigenvalue weighted by Gasteiger charge is 2.26. The van der Waals surface area contributed by atoms with Crippen LogP contribution in [0.25, 0.3) is 22.1 Å². The van der Waals surface area contributed by atoms with E-state index in [1.165, 1.54) is 4.68 Å². The molecule has 2 amide bonds. The highest BCUT2D eigenvalue weighted by atomic mass is 127. The highest BCUT2D eigenvalue weighted by Crippen LogP contribution is 2.26. The Bertz CT molecular complexity index is 2570. The van der Waals surface area contributed by atoms with Crippen molar-refractivity contribution in [2.45, 2.75) is 32.0 Å². The van der Waals surface area contributed by atoms with Crippen molar-refractivity contribution in [3.63, 3.8) is 0 Å². The molecule has 0 saturated carbocycles. The molecular formula is C39H41Cl2IN10O4S. The van der Waals surface area contributed by atoms with E-state index in [1.807, 2.05) is 61.2 Å². The summed E-state index contributed by atoms with van der Waals surface area (Å²) in [6.07, 6.45) is 4.39. The lowest BCUT2D eigenvalue weighted by Crippen LogP contribution is -2.49. The van der Waals surface area contributed by atoms with Crippen LogP contribution in [-0.2, 0) is 32.5 Å². The fourth-order valence-corrected chi connectivity index (χ4v) is 8.70. The van der Waals surface area contributed by atoms with E-state index in [1.54, 1.807) is 34.1 Å². The second-order valence-electron chi connectivity index (χ2n) is 14.0. The van der Waals surface area contributed by atoms with Crippen LogP contribution in [0.4, 0.5) is 11.4 Å². The van der Waals surface area contributed by atoms with Crippen molar-refractivity contribution in [2.24, 2.45) is 0 Å². The third kappa shape index (κ3) is 9.13. The Labute approximate surface area is 354 Å². The SMILES string of the molecule is Cc1cc(N2CCN(C(=O)Cn3nc(I)c4cccnc43)CC2)ccc1Cl.Cc1cc(N2CCN(C(=O)Cn3nc(S(C)(=O)=O)c4cccnc43)CC2)ccc1Cl. The quantitative estimate of drug-likeness (QED) is 0.189. The molecule has 8 rings (SSSR count). The first-order chi connectivity index (χ1) is 27.3. The molecule has 0 atom stereocenters. The van der Waals surface area contributed by atoms with Crippen LogP contribution in [0, 0.1) is 17.5 Å². The number of amides is 2. The number of hydrogen-bond acceptors (Lipinski definition) is 10. The first-order valence-corrected chi connectivity index (χ1v) is 22.1. The molecule has 4 aromatic heterocycles. The molecule has 2 fully saturated rings. The van der Waals surface area contributed by atoms with Crippen molar-refractivity contribution < 1.29 is 18.0 Å². The van der Waals surface area contributed by atoms with E-state index in [0.717, 1.165) is 66.6 Å². The van der Waals surface area contributed by atoms with Crippen molar-refractivity contribution >= 4 is 101 Å². The number of pyridine rings is 2. The maximum Gasteiger partial charge on any atom is 0.244 e. The van der Waals surface area contributed by atoms with Gasteiger partial charge in [0.15, 0.2) is 26.2 Å². The van der Waals surface area contributed by atoms with Gasteiger partial charge in [0, 0.05) is 92.4 Å². The van der Waals surface area contributed by atoms with Crippen molar-refractivity contribution in [2.75, 3.05) is 68.4 Å². The van der Waals surface area contributed by atoms with Gasteiger partial charge >= 0.3 is 0 Å². The minimum atomic E-state index is -3.53. The molecular weight excluding hydrogens is 902 g/mol. The van der Waals surface area contributed by atoms with Crippen LogP contribution in [0.5, 0.6) is 0 Å². The largest absolute Gasteiger partial charge is 0.368 e. The Morgan fingerprint density at radius 1 is 0.667 bits per heavy atom. The Kier molecular flexibility index (Phi) is 12.2. The van der Waals surface area contributed by atoms with E-state index in [2.05, 4.69) is 58.6 Å². The zero-order valence-electron chi connectivity index (χ0n) is 31.6. The maximum atomic E-state index is 12.9. The summed E-state index contributed by atoms with van der Waals surface area (Å²) in [5.41, 5.74) is 5.48. The molecule has 0 spiro atoms. The van der Waals surface area contributed by atoms with E-state index < -0.39 is 9.84 Å². The summed E-state index contributed by atoms with van der Waals surface area (Å²) < 4.78 is 28.0. The van der Waals surface area contributed by atoms with Crippen molar-refractivity contribution in [1.82, 2.24) is 39.3 Å². The Morgan fingerprint density at radius 2 is 1.11 bits per heavy atom. The third-order valence-electron chi connectivity index (χ3n) is 10.1. The lowest BCUT2D eigenvalue weighted by atomic mass is 10.2. The number of halogens is 3. The average molecular weight is 944 g/mol. The lowest BCUT2D eigenvalue weighted by molar-refractivity contribution is -0.133. The van der Waals surface area contributed by atoms with E-state index in [-0.39, 0.29) is 29.9 Å². The van der Waals surface area contributed by atoms with E-state index >= 15 is 0 Å². The van der Waals surface area contributed by atoms with Gasteiger partial charge in [0.1, 0.15) is 16.8 Å². The predicted octanol–water partition coefficient (Wildman–Crippen LogP) is 5.49. The summed E-state index contributed by atoms with van der Waals surface area (Å²) in [5.74, 6) is -0.0366. The van der Waals surface area contributed by atoms with Gasteiger partial charge in [-0.2, -0.15) is 10.2 Å². The van der Waals surface area contributed by atoms with Gasteiger partial charge in [-0.15, -0.1) is 0 Å². The zero-order chi connectivity index (χ0) is 40.4. The number of rotatable bonds is 7. The smallest absolute Gasteiger partial charge is 0.244 e. The molecule has 6 heterocycles. The maximum absolute atomic E-state index is 12.9. The number of fused-ring (bicyclic) bond motifs is 2. The van der Waals surface area contributed by atoms with E-state index in [9.17, 15) is 18.0 Å². The molecule has 0 aliphatic carbocycles. The van der Waals surface area contributed by atoms with Crippen LogP contribution >= 0.6 is 45.8 Å². The van der Waals surface area contributed by atoms with Crippen molar-refractivity contribution in [3.05, 3.63) is 97.9 Å². The lowest BCUT2D eigenvalue weighted by Gasteiger charge is -2.36. The first-order valence-electron chi connectivity index (χ1n) is 18.3. The summed E-state index contributed by atoms with van der Waals surface area (Å²) in [5, 5.41) is 11.5. The molecule has 2 aliphatic rings. The Hall–Kier alpha value is -4.52. The molecule has 0 radical (unpaired) electrons. The van der Waals surface area contributed by atoms with E-state index in [4.69, 9.17) is 23.2 Å². The molecule has 0 N–H and O–H groups in total. The zero-order valence-corrected chi connectivity index (χ0v) is 36.1. The standard InChI is InChI=1S/C20H22ClN5O3S.C19H19ClIN5O/c1-14-12-15(5-6-17(14)21)24-8-10-25(11-9-24)18(27)13-26-19-16(4-3-7-22-19)20(23-26)30(2,28)29;1-13-11-14(4-5-16(13)20)24-7-9-25(10-8-24)17(27)12-26-19-15(18(21)23-26)3-2-6-22-19/h3-7,12H,8-11,13H2,1-2H3;2-6,11H,7-10,12H2,1H3. The number of aryl methyl sites for hydroxylation is 2.